The Morgan fingerprint density at radius 1 is 1.58 bits per heavy atom. The van der Waals surface area contributed by atoms with Crippen molar-refractivity contribution in [1.82, 2.24) is 10.3 Å². The zero-order chi connectivity index (χ0) is 9.14. The van der Waals surface area contributed by atoms with Gasteiger partial charge in [-0.3, -0.25) is 0 Å². The number of nitrogens with one attached hydrogen (secondary N) is 1. The SMILES string of the molecule is CNC(C)c1cc(C)cnc1N. The van der Waals surface area contributed by atoms with Crippen molar-refractivity contribution in [3.63, 3.8) is 0 Å². The van der Waals surface area contributed by atoms with E-state index >= 15 is 0 Å². The molecule has 1 aromatic heterocycles. The minimum absolute atomic E-state index is 0.261. The van der Waals surface area contributed by atoms with Crippen LogP contribution in [-0.2, 0) is 0 Å². The van der Waals surface area contributed by atoms with Gasteiger partial charge in [0.25, 0.3) is 0 Å². The molecule has 0 aromatic carbocycles. The van der Waals surface area contributed by atoms with Gasteiger partial charge >= 0.3 is 0 Å². The van der Waals surface area contributed by atoms with Gasteiger partial charge in [0.1, 0.15) is 5.82 Å². The molecular weight excluding hydrogens is 150 g/mol. The van der Waals surface area contributed by atoms with Gasteiger partial charge in [0.2, 0.25) is 0 Å². The summed E-state index contributed by atoms with van der Waals surface area (Å²) in [6.45, 7) is 4.07. The van der Waals surface area contributed by atoms with E-state index in [1.807, 2.05) is 14.0 Å². The van der Waals surface area contributed by atoms with Crippen molar-refractivity contribution in [3.8, 4) is 0 Å². The van der Waals surface area contributed by atoms with E-state index in [9.17, 15) is 0 Å². The molecule has 3 heteroatoms. The van der Waals surface area contributed by atoms with Gasteiger partial charge in [0.15, 0.2) is 0 Å². The Bertz CT molecular complexity index is 270. The molecule has 1 unspecified atom stereocenters. The molecule has 0 aliphatic heterocycles. The minimum Gasteiger partial charge on any atom is -0.383 e. The quantitative estimate of drug-likeness (QED) is 0.693. The summed E-state index contributed by atoms with van der Waals surface area (Å²) < 4.78 is 0. The number of nitrogen functional groups attached to an aromatic ring is 1. The third kappa shape index (κ3) is 1.74. The molecule has 3 nitrogen and oxygen atoms in total. The lowest BCUT2D eigenvalue weighted by atomic mass is 10.1. The predicted molar refractivity (Wildman–Crippen MR) is 50.9 cm³/mol. The summed E-state index contributed by atoms with van der Waals surface area (Å²) in [4.78, 5) is 4.09. The van der Waals surface area contributed by atoms with Crippen LogP contribution >= 0.6 is 0 Å². The standard InChI is InChI=1S/C9H15N3/c1-6-4-8(7(2)11-3)9(10)12-5-6/h4-5,7,11H,1-3H3,(H2,10,12). The van der Waals surface area contributed by atoms with Gasteiger partial charge in [-0.15, -0.1) is 0 Å². The molecule has 1 atom stereocenters. The number of aryl methyl sites for hydroxylation is 1. The molecule has 0 bridgehead atoms. The lowest BCUT2D eigenvalue weighted by Gasteiger charge is -2.12. The van der Waals surface area contributed by atoms with E-state index in [0.717, 1.165) is 11.1 Å². The van der Waals surface area contributed by atoms with Crippen molar-refractivity contribution in [2.75, 3.05) is 12.8 Å². The highest BCUT2D eigenvalue weighted by atomic mass is 14.9. The van der Waals surface area contributed by atoms with Gasteiger partial charge in [-0.25, -0.2) is 4.98 Å². The highest BCUT2D eigenvalue weighted by Gasteiger charge is 2.06. The first-order valence-corrected chi connectivity index (χ1v) is 4.04. The molecule has 0 amide bonds. The Kier molecular flexibility index (Phi) is 2.65. The second kappa shape index (κ2) is 3.54. The second-order valence-corrected chi connectivity index (χ2v) is 3.00. The topological polar surface area (TPSA) is 50.9 Å². The molecule has 3 N–H and O–H groups in total. The molecule has 0 radical (unpaired) electrons. The molecule has 0 aliphatic rings. The molecule has 0 fully saturated rings. The van der Waals surface area contributed by atoms with Crippen LogP contribution < -0.4 is 11.1 Å². The second-order valence-electron chi connectivity index (χ2n) is 3.00. The van der Waals surface area contributed by atoms with Crippen LogP contribution in [0.15, 0.2) is 12.3 Å². The number of hydrogen-bond donors (Lipinski definition) is 2. The van der Waals surface area contributed by atoms with Crippen LogP contribution in [0.2, 0.25) is 0 Å². The van der Waals surface area contributed by atoms with Gasteiger partial charge in [-0.2, -0.15) is 0 Å². The van der Waals surface area contributed by atoms with Crippen molar-refractivity contribution < 1.29 is 0 Å². The zero-order valence-corrected chi connectivity index (χ0v) is 7.76. The largest absolute Gasteiger partial charge is 0.383 e. The molecule has 0 saturated carbocycles. The van der Waals surface area contributed by atoms with Gasteiger partial charge in [-0.05, 0) is 32.5 Å². The summed E-state index contributed by atoms with van der Waals surface area (Å²) in [5.41, 5.74) is 7.92. The fraction of sp³-hybridized carbons (Fsp3) is 0.444. The predicted octanol–water partition coefficient (Wildman–Crippen LogP) is 1.25. The number of nitrogens with two attached hydrogens (primary N) is 1. The molecule has 0 saturated heterocycles. The third-order valence-electron chi connectivity index (χ3n) is 1.99. The summed E-state index contributed by atoms with van der Waals surface area (Å²) in [5.74, 6) is 0.613. The molecule has 1 aromatic rings. The highest BCUT2D eigenvalue weighted by molar-refractivity contribution is 5.42. The van der Waals surface area contributed by atoms with Crippen LogP contribution in [0.1, 0.15) is 24.1 Å². The Hall–Kier alpha value is -1.09. The van der Waals surface area contributed by atoms with E-state index in [1.54, 1.807) is 6.20 Å². The van der Waals surface area contributed by atoms with Crippen LogP contribution in [0.25, 0.3) is 0 Å². The van der Waals surface area contributed by atoms with Crippen molar-refractivity contribution in [3.05, 3.63) is 23.4 Å². The molecular formula is C9H15N3. The van der Waals surface area contributed by atoms with E-state index in [1.165, 1.54) is 0 Å². The van der Waals surface area contributed by atoms with Gasteiger partial charge in [0.05, 0.1) is 0 Å². The lowest BCUT2D eigenvalue weighted by molar-refractivity contribution is 0.651. The first-order chi connectivity index (χ1) is 5.65. The maximum atomic E-state index is 5.71. The summed E-state index contributed by atoms with van der Waals surface area (Å²) >= 11 is 0. The summed E-state index contributed by atoms with van der Waals surface area (Å²) in [6, 6.07) is 2.32. The first kappa shape index (κ1) is 9.00. The van der Waals surface area contributed by atoms with Crippen LogP contribution in [-0.4, -0.2) is 12.0 Å². The summed E-state index contributed by atoms with van der Waals surface area (Å²) in [6.07, 6.45) is 1.78. The van der Waals surface area contributed by atoms with Crippen molar-refractivity contribution in [1.29, 1.82) is 0 Å². The summed E-state index contributed by atoms with van der Waals surface area (Å²) in [7, 11) is 1.91. The third-order valence-corrected chi connectivity index (χ3v) is 1.99. The Labute approximate surface area is 73.0 Å². The van der Waals surface area contributed by atoms with E-state index in [2.05, 4.69) is 23.3 Å². The average molecular weight is 165 g/mol. The Morgan fingerprint density at radius 3 is 2.83 bits per heavy atom. The van der Waals surface area contributed by atoms with E-state index in [0.29, 0.717) is 5.82 Å². The van der Waals surface area contributed by atoms with Crippen LogP contribution in [0, 0.1) is 6.92 Å². The molecule has 1 rings (SSSR count). The fourth-order valence-corrected chi connectivity index (χ4v) is 1.10. The lowest BCUT2D eigenvalue weighted by Crippen LogP contribution is -2.14. The van der Waals surface area contributed by atoms with Crippen LogP contribution in [0.4, 0.5) is 5.82 Å². The number of rotatable bonds is 2. The number of aromatic nitrogens is 1. The number of pyridine rings is 1. The average Bonchev–Trinajstić information content (AvgIpc) is 2.08. The van der Waals surface area contributed by atoms with Gasteiger partial charge < -0.3 is 11.1 Å². The fourth-order valence-electron chi connectivity index (χ4n) is 1.10. The Morgan fingerprint density at radius 2 is 2.25 bits per heavy atom. The first-order valence-electron chi connectivity index (χ1n) is 4.04. The normalized spacial score (nSPS) is 12.9. The summed E-state index contributed by atoms with van der Waals surface area (Å²) in [5, 5.41) is 3.13. The zero-order valence-electron chi connectivity index (χ0n) is 7.76. The van der Waals surface area contributed by atoms with E-state index in [4.69, 9.17) is 5.73 Å². The minimum atomic E-state index is 0.261. The van der Waals surface area contributed by atoms with Crippen molar-refractivity contribution >= 4 is 5.82 Å². The van der Waals surface area contributed by atoms with Crippen LogP contribution in [0.3, 0.4) is 0 Å². The van der Waals surface area contributed by atoms with Gasteiger partial charge in [0, 0.05) is 17.8 Å². The number of hydrogen-bond acceptors (Lipinski definition) is 3. The van der Waals surface area contributed by atoms with E-state index < -0.39 is 0 Å². The van der Waals surface area contributed by atoms with Gasteiger partial charge in [-0.1, -0.05) is 0 Å². The molecule has 66 valence electrons. The molecule has 0 spiro atoms. The van der Waals surface area contributed by atoms with Crippen molar-refractivity contribution in [2.24, 2.45) is 0 Å². The monoisotopic (exact) mass is 165 g/mol. The van der Waals surface area contributed by atoms with Crippen LogP contribution in [0.5, 0.6) is 0 Å². The van der Waals surface area contributed by atoms with E-state index in [-0.39, 0.29) is 6.04 Å². The highest BCUT2D eigenvalue weighted by Crippen LogP contribution is 2.18. The number of anilines is 1. The number of nitrogens with zero attached hydrogens (tertiary/aromatic N) is 1. The smallest absolute Gasteiger partial charge is 0.128 e. The van der Waals surface area contributed by atoms with Crippen molar-refractivity contribution in [2.45, 2.75) is 19.9 Å². The Balaban J connectivity index is 3.04. The molecule has 12 heavy (non-hydrogen) atoms. The maximum Gasteiger partial charge on any atom is 0.128 e. The maximum absolute atomic E-state index is 5.71. The molecule has 1 heterocycles. The molecule has 0 aliphatic carbocycles.